The average Bonchev–Trinajstić information content (AvgIpc) is 2.51. The van der Waals surface area contributed by atoms with E-state index in [9.17, 15) is 0 Å². The minimum absolute atomic E-state index is 0.829. The maximum Gasteiger partial charge on any atom is 0.142 e. The van der Waals surface area contributed by atoms with E-state index in [4.69, 9.17) is 4.74 Å². The second kappa shape index (κ2) is 6.29. The first kappa shape index (κ1) is 14.1. The van der Waals surface area contributed by atoms with E-state index in [-0.39, 0.29) is 0 Å². The minimum Gasteiger partial charge on any atom is -0.456 e. The van der Waals surface area contributed by atoms with E-state index in [2.05, 4.69) is 51.6 Å². The molecule has 0 saturated heterocycles. The Kier molecular flexibility index (Phi) is 4.23. The van der Waals surface area contributed by atoms with Crippen LogP contribution in [0.25, 0.3) is 10.8 Å². The molecule has 3 aromatic rings. The Morgan fingerprint density at radius 1 is 1.00 bits per heavy atom. The summed E-state index contributed by atoms with van der Waals surface area (Å²) in [6.45, 7) is 0.829. The standard InChI is InChI=1S/C18H16BrNO/c1-20-12-13-5-4-7-15(11-13)21-17-10-9-14-6-2-3-8-16(14)18(17)19/h2-11,20H,12H2,1H3. The molecule has 0 heterocycles. The van der Waals surface area contributed by atoms with E-state index in [1.807, 2.05) is 37.4 Å². The first-order chi connectivity index (χ1) is 10.3. The predicted octanol–water partition coefficient (Wildman–Crippen LogP) is 5.11. The van der Waals surface area contributed by atoms with Crippen LogP contribution in [0.4, 0.5) is 0 Å². The quantitative estimate of drug-likeness (QED) is 0.711. The van der Waals surface area contributed by atoms with Crippen molar-refractivity contribution in [2.45, 2.75) is 6.54 Å². The van der Waals surface area contributed by atoms with Crippen molar-refractivity contribution in [1.29, 1.82) is 0 Å². The van der Waals surface area contributed by atoms with Crippen LogP contribution >= 0.6 is 15.9 Å². The van der Waals surface area contributed by atoms with Gasteiger partial charge in [-0.15, -0.1) is 0 Å². The Balaban J connectivity index is 1.94. The van der Waals surface area contributed by atoms with Crippen LogP contribution in [0.2, 0.25) is 0 Å². The van der Waals surface area contributed by atoms with Crippen LogP contribution in [0, 0.1) is 0 Å². The molecule has 3 aromatic carbocycles. The van der Waals surface area contributed by atoms with Gasteiger partial charge in [0.1, 0.15) is 11.5 Å². The lowest BCUT2D eigenvalue weighted by molar-refractivity contribution is 0.479. The Morgan fingerprint density at radius 2 is 1.86 bits per heavy atom. The van der Waals surface area contributed by atoms with Crippen LogP contribution in [-0.2, 0) is 6.54 Å². The zero-order valence-electron chi connectivity index (χ0n) is 11.8. The van der Waals surface area contributed by atoms with Gasteiger partial charge in [0.05, 0.1) is 4.47 Å². The molecule has 0 aliphatic carbocycles. The monoisotopic (exact) mass is 341 g/mol. The topological polar surface area (TPSA) is 21.3 Å². The third kappa shape index (κ3) is 3.09. The molecule has 0 amide bonds. The molecule has 0 aliphatic heterocycles. The van der Waals surface area contributed by atoms with Gasteiger partial charge in [-0.3, -0.25) is 0 Å². The SMILES string of the molecule is CNCc1cccc(Oc2ccc3ccccc3c2Br)c1. The van der Waals surface area contributed by atoms with Gasteiger partial charge in [-0.2, -0.15) is 0 Å². The number of fused-ring (bicyclic) bond motifs is 1. The highest BCUT2D eigenvalue weighted by molar-refractivity contribution is 9.10. The van der Waals surface area contributed by atoms with Crippen molar-refractivity contribution in [3.05, 3.63) is 70.7 Å². The Bertz CT molecular complexity index is 770. The van der Waals surface area contributed by atoms with Crippen LogP contribution < -0.4 is 10.1 Å². The number of hydrogen-bond acceptors (Lipinski definition) is 2. The maximum absolute atomic E-state index is 6.03. The van der Waals surface area contributed by atoms with Crippen molar-refractivity contribution in [1.82, 2.24) is 5.32 Å². The third-order valence-electron chi connectivity index (χ3n) is 3.34. The fraction of sp³-hybridized carbons (Fsp3) is 0.111. The van der Waals surface area contributed by atoms with Crippen molar-refractivity contribution >= 4 is 26.7 Å². The number of nitrogens with one attached hydrogen (secondary N) is 1. The molecule has 3 heteroatoms. The van der Waals surface area contributed by atoms with Crippen molar-refractivity contribution in [3.63, 3.8) is 0 Å². The van der Waals surface area contributed by atoms with E-state index in [1.54, 1.807) is 0 Å². The molecule has 0 spiro atoms. The Labute approximate surface area is 132 Å². The van der Waals surface area contributed by atoms with Gasteiger partial charge in [0, 0.05) is 6.54 Å². The smallest absolute Gasteiger partial charge is 0.142 e. The summed E-state index contributed by atoms with van der Waals surface area (Å²) in [7, 11) is 1.94. The Morgan fingerprint density at radius 3 is 2.71 bits per heavy atom. The van der Waals surface area contributed by atoms with Crippen molar-refractivity contribution in [3.8, 4) is 11.5 Å². The van der Waals surface area contributed by atoms with Gasteiger partial charge in [-0.1, -0.05) is 42.5 Å². The summed E-state index contributed by atoms with van der Waals surface area (Å²) < 4.78 is 7.02. The van der Waals surface area contributed by atoms with E-state index < -0.39 is 0 Å². The highest BCUT2D eigenvalue weighted by Crippen LogP contribution is 2.35. The highest BCUT2D eigenvalue weighted by atomic mass is 79.9. The summed E-state index contributed by atoms with van der Waals surface area (Å²) in [5.41, 5.74) is 1.20. The maximum atomic E-state index is 6.03. The first-order valence-corrected chi connectivity index (χ1v) is 7.66. The molecule has 106 valence electrons. The minimum atomic E-state index is 0.829. The summed E-state index contributed by atoms with van der Waals surface area (Å²) in [5, 5.41) is 5.49. The fourth-order valence-corrected chi connectivity index (χ4v) is 2.92. The van der Waals surface area contributed by atoms with Crippen LogP contribution in [0.15, 0.2) is 65.1 Å². The molecule has 0 fully saturated rings. The first-order valence-electron chi connectivity index (χ1n) is 6.86. The Hall–Kier alpha value is -1.84. The average molecular weight is 342 g/mol. The molecule has 3 rings (SSSR count). The molecule has 1 N–H and O–H groups in total. The fourth-order valence-electron chi connectivity index (χ4n) is 2.34. The lowest BCUT2D eigenvalue weighted by Crippen LogP contribution is -2.04. The van der Waals surface area contributed by atoms with E-state index >= 15 is 0 Å². The molecule has 0 aromatic heterocycles. The normalized spacial score (nSPS) is 10.8. The zero-order chi connectivity index (χ0) is 14.7. The van der Waals surface area contributed by atoms with Crippen LogP contribution in [0.5, 0.6) is 11.5 Å². The molecule has 0 aliphatic rings. The second-order valence-corrected chi connectivity index (χ2v) is 5.67. The third-order valence-corrected chi connectivity index (χ3v) is 4.15. The number of ether oxygens (including phenoxy) is 1. The predicted molar refractivity (Wildman–Crippen MR) is 90.9 cm³/mol. The largest absolute Gasteiger partial charge is 0.456 e. The van der Waals surface area contributed by atoms with Gasteiger partial charge in [-0.05, 0) is 57.5 Å². The van der Waals surface area contributed by atoms with Gasteiger partial charge in [-0.25, -0.2) is 0 Å². The lowest BCUT2D eigenvalue weighted by atomic mass is 10.1. The van der Waals surface area contributed by atoms with E-state index in [0.29, 0.717) is 0 Å². The molecule has 21 heavy (non-hydrogen) atoms. The number of rotatable bonds is 4. The number of benzene rings is 3. The molecule has 0 atom stereocenters. The van der Waals surface area contributed by atoms with Crippen molar-refractivity contribution in [2.75, 3.05) is 7.05 Å². The summed E-state index contributed by atoms with van der Waals surface area (Å²) >= 11 is 3.65. The van der Waals surface area contributed by atoms with Gasteiger partial charge >= 0.3 is 0 Å². The second-order valence-electron chi connectivity index (χ2n) is 4.88. The van der Waals surface area contributed by atoms with Gasteiger partial charge in [0.2, 0.25) is 0 Å². The number of hydrogen-bond donors (Lipinski definition) is 1. The van der Waals surface area contributed by atoms with Crippen LogP contribution in [0.1, 0.15) is 5.56 Å². The molecular formula is C18H16BrNO. The summed E-state index contributed by atoms with van der Waals surface area (Å²) in [5.74, 6) is 1.68. The summed E-state index contributed by atoms with van der Waals surface area (Å²) in [6, 6.07) is 20.4. The molecular weight excluding hydrogens is 326 g/mol. The van der Waals surface area contributed by atoms with Crippen LogP contribution in [0.3, 0.4) is 0 Å². The van der Waals surface area contributed by atoms with E-state index in [0.717, 1.165) is 27.9 Å². The van der Waals surface area contributed by atoms with Gasteiger partial charge < -0.3 is 10.1 Å². The summed E-state index contributed by atoms with van der Waals surface area (Å²) in [6.07, 6.45) is 0. The van der Waals surface area contributed by atoms with Crippen molar-refractivity contribution in [2.24, 2.45) is 0 Å². The highest BCUT2D eigenvalue weighted by Gasteiger charge is 2.07. The molecule has 2 nitrogen and oxygen atoms in total. The van der Waals surface area contributed by atoms with Crippen LogP contribution in [-0.4, -0.2) is 7.05 Å². The zero-order valence-corrected chi connectivity index (χ0v) is 13.4. The lowest BCUT2D eigenvalue weighted by Gasteiger charge is -2.11. The summed E-state index contributed by atoms with van der Waals surface area (Å²) in [4.78, 5) is 0. The molecule has 0 saturated carbocycles. The van der Waals surface area contributed by atoms with E-state index in [1.165, 1.54) is 10.9 Å². The number of halogens is 1. The molecule has 0 unspecified atom stereocenters. The van der Waals surface area contributed by atoms with Crippen molar-refractivity contribution < 1.29 is 4.74 Å². The molecule has 0 radical (unpaired) electrons. The molecule has 0 bridgehead atoms. The van der Waals surface area contributed by atoms with Gasteiger partial charge in [0.15, 0.2) is 0 Å². The van der Waals surface area contributed by atoms with Gasteiger partial charge in [0.25, 0.3) is 0 Å².